The van der Waals surface area contributed by atoms with Crippen molar-refractivity contribution in [2.24, 2.45) is 11.3 Å². The molecule has 15 heavy (non-hydrogen) atoms. The Kier molecular flexibility index (Phi) is 2.16. The monoisotopic (exact) mass is 258 g/mol. The van der Waals surface area contributed by atoms with Gasteiger partial charge in [0.05, 0.1) is 0 Å². The van der Waals surface area contributed by atoms with E-state index in [0.29, 0.717) is 5.92 Å². The van der Waals surface area contributed by atoms with Gasteiger partial charge in [0.25, 0.3) is 0 Å². The first-order valence-electron chi connectivity index (χ1n) is 5.23. The maximum atomic E-state index is 6.28. The summed E-state index contributed by atoms with van der Waals surface area (Å²) >= 11 is 12.6. The number of rotatable bonds is 1. The zero-order chi connectivity index (χ0) is 10.7. The molecule has 1 heterocycles. The highest BCUT2D eigenvalue weighted by Gasteiger charge is 2.76. The summed E-state index contributed by atoms with van der Waals surface area (Å²) in [6.45, 7) is 2.24. The van der Waals surface area contributed by atoms with Gasteiger partial charge in [-0.2, -0.15) is 0 Å². The normalized spacial score (nSPS) is 41.3. The van der Waals surface area contributed by atoms with Gasteiger partial charge in [0, 0.05) is 11.3 Å². The van der Waals surface area contributed by atoms with Crippen LogP contribution in [0.5, 0.6) is 0 Å². The quantitative estimate of drug-likeness (QED) is 0.533. The van der Waals surface area contributed by atoms with Gasteiger partial charge in [0.15, 0.2) is 0 Å². The van der Waals surface area contributed by atoms with E-state index in [9.17, 15) is 0 Å². The Morgan fingerprint density at radius 1 is 1.27 bits per heavy atom. The van der Waals surface area contributed by atoms with E-state index in [-0.39, 0.29) is 13.3 Å². The van der Waals surface area contributed by atoms with Crippen molar-refractivity contribution in [3.05, 3.63) is 30.3 Å². The second-order valence-corrected chi connectivity index (χ2v) is 8.47. The first-order valence-corrected chi connectivity index (χ1v) is 7.70. The molecule has 3 heteroatoms. The minimum absolute atomic E-state index is 0.00576. The van der Waals surface area contributed by atoms with E-state index in [1.807, 2.05) is 0 Å². The van der Waals surface area contributed by atoms with Crippen molar-refractivity contribution in [2.75, 3.05) is 12.3 Å². The van der Waals surface area contributed by atoms with E-state index in [4.69, 9.17) is 23.2 Å². The first-order chi connectivity index (χ1) is 7.06. The van der Waals surface area contributed by atoms with E-state index in [1.54, 1.807) is 0 Å². The molecule has 0 bridgehead atoms. The topological polar surface area (TPSA) is 0 Å². The fraction of sp³-hybridized carbons (Fsp3) is 0.500. The van der Waals surface area contributed by atoms with Crippen LogP contribution in [0.4, 0.5) is 0 Å². The van der Waals surface area contributed by atoms with Crippen LogP contribution in [0, 0.1) is 11.3 Å². The van der Waals surface area contributed by atoms with E-state index in [1.165, 1.54) is 17.6 Å². The molecule has 0 amide bonds. The van der Waals surface area contributed by atoms with Crippen molar-refractivity contribution in [3.63, 3.8) is 0 Å². The van der Waals surface area contributed by atoms with Crippen molar-refractivity contribution in [1.29, 1.82) is 0 Å². The van der Waals surface area contributed by atoms with Crippen LogP contribution in [0.3, 0.4) is 0 Å². The van der Waals surface area contributed by atoms with Gasteiger partial charge >= 0.3 is 0 Å². The van der Waals surface area contributed by atoms with Gasteiger partial charge in [0.2, 0.25) is 0 Å². The molecule has 80 valence electrons. The third-order valence-corrected chi connectivity index (χ3v) is 8.19. The van der Waals surface area contributed by atoms with Crippen LogP contribution in [0.1, 0.15) is 6.92 Å². The fourth-order valence-electron chi connectivity index (χ4n) is 2.72. The summed E-state index contributed by atoms with van der Waals surface area (Å²) in [4.78, 5) is 0. The maximum Gasteiger partial charge on any atom is 0.128 e. The minimum Gasteiger partial charge on any atom is -0.101 e. The van der Waals surface area contributed by atoms with Gasteiger partial charge in [-0.1, -0.05) is 45.2 Å². The molecule has 1 aromatic carbocycles. The predicted molar refractivity (Wildman–Crippen MR) is 68.8 cm³/mol. The van der Waals surface area contributed by atoms with Gasteiger partial charge < -0.3 is 0 Å². The van der Waals surface area contributed by atoms with E-state index >= 15 is 0 Å². The Morgan fingerprint density at radius 2 is 1.93 bits per heavy atom. The standard InChI is InChI=1S/C12H13Cl2P/c1-11-8-15(7-10(11)12(11,13)14)9-5-3-2-4-6-9/h2-6,10H,7-8H2,1H3/t10?,11-,15?/m0/s1. The van der Waals surface area contributed by atoms with Crippen molar-refractivity contribution in [2.45, 2.75) is 11.3 Å². The van der Waals surface area contributed by atoms with E-state index in [2.05, 4.69) is 37.3 Å². The van der Waals surface area contributed by atoms with Crippen LogP contribution in [0.25, 0.3) is 0 Å². The molecule has 1 saturated carbocycles. The lowest BCUT2D eigenvalue weighted by Crippen LogP contribution is -2.13. The molecule has 0 radical (unpaired) electrons. The molecular formula is C12H13Cl2P. The smallest absolute Gasteiger partial charge is 0.101 e. The van der Waals surface area contributed by atoms with E-state index in [0.717, 1.165) is 0 Å². The van der Waals surface area contributed by atoms with Crippen molar-refractivity contribution in [1.82, 2.24) is 0 Å². The summed E-state index contributed by atoms with van der Waals surface area (Å²) in [5, 5.41) is 1.50. The molecule has 2 fully saturated rings. The summed E-state index contributed by atoms with van der Waals surface area (Å²) < 4.78 is -0.430. The molecule has 1 aliphatic carbocycles. The lowest BCUT2D eigenvalue weighted by Gasteiger charge is -2.19. The summed E-state index contributed by atoms with van der Waals surface area (Å²) in [6, 6.07) is 10.8. The second-order valence-electron chi connectivity index (χ2n) is 4.81. The molecular weight excluding hydrogens is 246 g/mol. The lowest BCUT2D eigenvalue weighted by atomic mass is 10.1. The van der Waals surface area contributed by atoms with Gasteiger partial charge in [-0.05, 0) is 17.6 Å². The molecule has 0 N–H and O–H groups in total. The number of halogens is 2. The summed E-state index contributed by atoms with van der Waals surface area (Å²) in [7, 11) is -0.00576. The maximum absolute atomic E-state index is 6.28. The van der Waals surface area contributed by atoms with E-state index < -0.39 is 4.33 Å². The highest BCUT2D eigenvalue weighted by atomic mass is 35.5. The molecule has 1 saturated heterocycles. The Labute approximate surface area is 102 Å². The van der Waals surface area contributed by atoms with Gasteiger partial charge in [-0.25, -0.2) is 0 Å². The zero-order valence-corrected chi connectivity index (χ0v) is 11.0. The van der Waals surface area contributed by atoms with Gasteiger partial charge in [-0.15, -0.1) is 23.2 Å². The first kappa shape index (κ1) is 10.4. The highest BCUT2D eigenvalue weighted by molar-refractivity contribution is 7.66. The number of alkyl halides is 2. The molecule has 1 aliphatic heterocycles. The van der Waals surface area contributed by atoms with Crippen molar-refractivity contribution >= 4 is 36.4 Å². The molecule has 0 nitrogen and oxygen atoms in total. The third kappa shape index (κ3) is 1.32. The Hall–Kier alpha value is 0.230. The van der Waals surface area contributed by atoms with Crippen LogP contribution in [-0.4, -0.2) is 16.7 Å². The molecule has 3 rings (SSSR count). The van der Waals surface area contributed by atoms with Crippen LogP contribution in [-0.2, 0) is 0 Å². The van der Waals surface area contributed by atoms with Gasteiger partial charge in [-0.3, -0.25) is 0 Å². The average Bonchev–Trinajstić information content (AvgIpc) is 2.57. The number of fused-ring (bicyclic) bond motifs is 1. The Bertz CT molecular complexity index is 390. The minimum atomic E-state index is -0.430. The largest absolute Gasteiger partial charge is 0.128 e. The SMILES string of the molecule is C[C@]12CP(c3ccccc3)CC1C2(Cl)Cl. The predicted octanol–water partition coefficient (Wildman–Crippen LogP) is 3.62. The lowest BCUT2D eigenvalue weighted by molar-refractivity contribution is 0.617. The average molecular weight is 259 g/mol. The van der Waals surface area contributed by atoms with Crippen molar-refractivity contribution in [3.8, 4) is 0 Å². The summed E-state index contributed by atoms with van der Waals surface area (Å²) in [5.74, 6) is 0.527. The van der Waals surface area contributed by atoms with Crippen molar-refractivity contribution < 1.29 is 0 Å². The summed E-state index contributed by atoms with van der Waals surface area (Å²) in [5.41, 5.74) is 0.192. The molecule has 1 aromatic rings. The molecule has 2 aliphatic rings. The zero-order valence-electron chi connectivity index (χ0n) is 8.58. The third-order valence-electron chi connectivity index (χ3n) is 3.93. The highest BCUT2D eigenvalue weighted by Crippen LogP contribution is 2.78. The Balaban J connectivity index is 1.82. The van der Waals surface area contributed by atoms with Crippen LogP contribution >= 0.6 is 31.1 Å². The number of hydrogen-bond acceptors (Lipinski definition) is 0. The summed E-state index contributed by atoms with van der Waals surface area (Å²) in [6.07, 6.45) is 2.41. The molecule has 3 atom stereocenters. The number of hydrogen-bond donors (Lipinski definition) is 0. The second kappa shape index (κ2) is 3.13. The molecule has 0 aromatic heterocycles. The Morgan fingerprint density at radius 3 is 2.47 bits per heavy atom. The van der Waals surface area contributed by atoms with Crippen LogP contribution < -0.4 is 5.30 Å². The fourth-order valence-corrected chi connectivity index (χ4v) is 7.54. The van der Waals surface area contributed by atoms with Crippen LogP contribution in [0.15, 0.2) is 30.3 Å². The molecule has 0 spiro atoms. The molecule has 2 unspecified atom stereocenters. The van der Waals surface area contributed by atoms with Crippen LogP contribution in [0.2, 0.25) is 0 Å². The van der Waals surface area contributed by atoms with Gasteiger partial charge in [0.1, 0.15) is 4.33 Å². The number of benzene rings is 1.